The third-order valence-electron chi connectivity index (χ3n) is 7.89. The molecule has 2 atom stereocenters. The number of nitrogens with zero attached hydrogens (tertiary/aromatic N) is 5. The summed E-state index contributed by atoms with van der Waals surface area (Å²) in [5, 5.41) is 20.7. The Morgan fingerprint density at radius 2 is 1.84 bits per heavy atom. The zero-order valence-electron chi connectivity index (χ0n) is 25.0. The first-order chi connectivity index (χ1) is 22.0. The average molecular weight is 644 g/mol. The van der Waals surface area contributed by atoms with Crippen LogP contribution in [0.4, 0.5) is 17.3 Å². The van der Waals surface area contributed by atoms with Crippen molar-refractivity contribution in [3.05, 3.63) is 34.9 Å². The van der Waals surface area contributed by atoms with Gasteiger partial charge in [-0.05, 0) is 30.5 Å². The summed E-state index contributed by atoms with van der Waals surface area (Å²) < 4.78 is 27.6. The summed E-state index contributed by atoms with van der Waals surface area (Å²) in [5.74, 6) is 3.19. The van der Waals surface area contributed by atoms with Gasteiger partial charge in [-0.1, -0.05) is 5.92 Å². The van der Waals surface area contributed by atoms with Gasteiger partial charge in [-0.2, -0.15) is 9.97 Å². The van der Waals surface area contributed by atoms with Crippen molar-refractivity contribution in [1.82, 2.24) is 15.0 Å². The molecule has 0 aliphatic carbocycles. The van der Waals surface area contributed by atoms with Gasteiger partial charge < -0.3 is 49.3 Å². The van der Waals surface area contributed by atoms with Gasteiger partial charge in [0.25, 0.3) is 0 Å². The van der Waals surface area contributed by atoms with Gasteiger partial charge >= 0.3 is 0 Å². The van der Waals surface area contributed by atoms with Crippen LogP contribution < -0.4 is 15.1 Å². The zero-order chi connectivity index (χ0) is 31.6. The molecule has 45 heavy (non-hydrogen) atoms. The molecule has 0 radical (unpaired) electrons. The van der Waals surface area contributed by atoms with E-state index in [0.717, 1.165) is 11.3 Å². The number of nitrogens with one attached hydrogen (secondary N) is 2. The van der Waals surface area contributed by atoms with E-state index in [1.165, 1.54) is 6.21 Å². The van der Waals surface area contributed by atoms with Crippen LogP contribution in [0.3, 0.4) is 0 Å². The van der Waals surface area contributed by atoms with Gasteiger partial charge in [0.15, 0.2) is 0 Å². The fraction of sp³-hybridized carbons (Fsp3) is 0.567. The first-order valence-electron chi connectivity index (χ1n) is 14.9. The Kier molecular flexibility index (Phi) is 11.5. The molecule has 5 rings (SSSR count). The number of halogens is 1. The van der Waals surface area contributed by atoms with Gasteiger partial charge in [-0.25, -0.2) is 0 Å². The van der Waals surface area contributed by atoms with Crippen molar-refractivity contribution < 1.29 is 33.6 Å². The van der Waals surface area contributed by atoms with E-state index in [1.807, 2.05) is 11.0 Å². The molecule has 0 saturated carbocycles. The SMILES string of the molecule is C#CCOCCOCCOCCOCCN1C(=O)C2(CN(c3nc(Cl)nc(NC4CCC(CO)O4)c3C=N)C2)c2cnccc21. The second kappa shape index (κ2) is 15.7. The molecule has 15 heteroatoms. The molecule has 2 aromatic rings. The van der Waals surface area contributed by atoms with E-state index in [1.54, 1.807) is 17.3 Å². The van der Waals surface area contributed by atoms with Crippen LogP contribution in [0, 0.1) is 17.8 Å². The Morgan fingerprint density at radius 3 is 2.51 bits per heavy atom. The second-order valence-electron chi connectivity index (χ2n) is 10.8. The van der Waals surface area contributed by atoms with Crippen LogP contribution in [-0.4, -0.2) is 124 Å². The molecule has 3 aliphatic heterocycles. The topological polar surface area (TPSA) is 164 Å². The van der Waals surface area contributed by atoms with Crippen molar-refractivity contribution in [3.63, 3.8) is 0 Å². The molecule has 0 aromatic carbocycles. The van der Waals surface area contributed by atoms with E-state index < -0.39 is 5.41 Å². The monoisotopic (exact) mass is 643 g/mol. The predicted octanol–water partition coefficient (Wildman–Crippen LogP) is 1.24. The maximum Gasteiger partial charge on any atom is 0.241 e. The van der Waals surface area contributed by atoms with Gasteiger partial charge in [0.05, 0.1) is 70.2 Å². The molecule has 242 valence electrons. The maximum atomic E-state index is 13.9. The van der Waals surface area contributed by atoms with Gasteiger partial charge in [-0.3, -0.25) is 9.78 Å². The summed E-state index contributed by atoms with van der Waals surface area (Å²) in [7, 11) is 0. The quantitative estimate of drug-likeness (QED) is 0.0923. The minimum absolute atomic E-state index is 0.0107. The van der Waals surface area contributed by atoms with Crippen molar-refractivity contribution in [2.45, 2.75) is 30.6 Å². The number of rotatable bonds is 18. The summed E-state index contributed by atoms with van der Waals surface area (Å²) in [6.45, 7) is 4.21. The highest BCUT2D eigenvalue weighted by molar-refractivity contribution is 6.28. The van der Waals surface area contributed by atoms with E-state index in [-0.39, 0.29) is 36.7 Å². The standard InChI is InChI=1S/C30H38ClN7O7/c1-2-8-41-10-12-43-14-15-44-13-11-42-9-7-38-24-5-6-33-17-23(24)30(28(38)40)19-37(20-30)27-22(16-32)26(35-29(31)36-27)34-25-4-3-21(18-39)45-25/h1,5-6,16-17,21,25,32,39H,3-4,7-15,18-20H2,(H,34,35,36). The number of ether oxygens (including phenoxy) is 5. The number of aliphatic hydroxyl groups excluding tert-OH is 1. The lowest BCUT2D eigenvalue weighted by Gasteiger charge is -2.47. The number of carbonyl (C=O) groups is 1. The lowest BCUT2D eigenvalue weighted by atomic mass is 9.75. The number of fused-ring (bicyclic) bond motifs is 2. The third-order valence-corrected chi connectivity index (χ3v) is 8.06. The normalized spacial score (nSPS) is 19.9. The van der Waals surface area contributed by atoms with Crippen LogP contribution in [0.1, 0.15) is 24.0 Å². The van der Waals surface area contributed by atoms with Crippen molar-refractivity contribution in [2.75, 3.05) is 94.2 Å². The number of anilines is 3. The van der Waals surface area contributed by atoms with E-state index in [9.17, 15) is 9.90 Å². The Hall–Kier alpha value is -3.42. The smallest absolute Gasteiger partial charge is 0.241 e. The number of carbonyl (C=O) groups excluding carboxylic acids is 1. The molecule has 0 bridgehead atoms. The summed E-state index contributed by atoms with van der Waals surface area (Å²) >= 11 is 6.31. The minimum Gasteiger partial charge on any atom is -0.394 e. The fourth-order valence-corrected chi connectivity index (χ4v) is 5.88. The highest BCUT2D eigenvalue weighted by atomic mass is 35.5. The highest BCUT2D eigenvalue weighted by Crippen LogP contribution is 2.48. The number of hydrogen-bond acceptors (Lipinski definition) is 13. The molecule has 3 aliphatic rings. The highest BCUT2D eigenvalue weighted by Gasteiger charge is 2.59. The van der Waals surface area contributed by atoms with E-state index in [2.05, 4.69) is 26.2 Å². The number of pyridine rings is 1. The lowest BCUT2D eigenvalue weighted by molar-refractivity contribution is -0.124. The molecular weight excluding hydrogens is 606 g/mol. The Labute approximate surface area is 266 Å². The Morgan fingerprint density at radius 1 is 1.13 bits per heavy atom. The first-order valence-corrected chi connectivity index (χ1v) is 15.2. The molecule has 14 nitrogen and oxygen atoms in total. The zero-order valence-corrected chi connectivity index (χ0v) is 25.7. The Bertz CT molecular complexity index is 1370. The van der Waals surface area contributed by atoms with Crippen LogP contribution in [0.5, 0.6) is 0 Å². The van der Waals surface area contributed by atoms with Crippen LogP contribution in [-0.2, 0) is 33.9 Å². The van der Waals surface area contributed by atoms with Crippen molar-refractivity contribution >= 4 is 41.0 Å². The van der Waals surface area contributed by atoms with Gasteiger partial charge in [-0.15, -0.1) is 6.42 Å². The van der Waals surface area contributed by atoms with Gasteiger partial charge in [0, 0.05) is 43.8 Å². The fourth-order valence-electron chi connectivity index (χ4n) is 5.72. The van der Waals surface area contributed by atoms with Gasteiger partial charge in [0.1, 0.15) is 29.9 Å². The number of hydrogen-bond donors (Lipinski definition) is 3. The number of amides is 1. The molecule has 1 spiro atoms. The van der Waals surface area contributed by atoms with Crippen LogP contribution >= 0.6 is 11.6 Å². The number of aliphatic hydroxyl groups is 1. The van der Waals surface area contributed by atoms with E-state index >= 15 is 0 Å². The Balaban J connectivity index is 1.13. The molecule has 2 unspecified atom stereocenters. The lowest BCUT2D eigenvalue weighted by Crippen LogP contribution is -2.64. The number of terminal acetylenes is 1. The van der Waals surface area contributed by atoms with Crippen LogP contribution in [0.15, 0.2) is 18.5 Å². The maximum absolute atomic E-state index is 13.9. The van der Waals surface area contributed by atoms with E-state index in [4.69, 9.17) is 47.1 Å². The molecular formula is C30H38ClN7O7. The number of aromatic nitrogens is 3. The van der Waals surface area contributed by atoms with Gasteiger partial charge in [0.2, 0.25) is 11.2 Å². The first kappa shape index (κ1) is 33.0. The van der Waals surface area contributed by atoms with Crippen LogP contribution in [0.2, 0.25) is 5.28 Å². The van der Waals surface area contributed by atoms with Crippen molar-refractivity contribution in [1.29, 1.82) is 5.41 Å². The molecule has 2 saturated heterocycles. The minimum atomic E-state index is -0.800. The largest absolute Gasteiger partial charge is 0.394 e. The van der Waals surface area contributed by atoms with Crippen molar-refractivity contribution in [3.8, 4) is 12.3 Å². The third kappa shape index (κ3) is 7.53. The van der Waals surface area contributed by atoms with E-state index in [0.29, 0.717) is 95.9 Å². The predicted molar refractivity (Wildman–Crippen MR) is 166 cm³/mol. The molecule has 3 N–H and O–H groups in total. The second-order valence-corrected chi connectivity index (χ2v) is 11.1. The molecule has 2 fully saturated rings. The molecule has 5 heterocycles. The van der Waals surface area contributed by atoms with Crippen molar-refractivity contribution in [2.24, 2.45) is 0 Å². The summed E-state index contributed by atoms with van der Waals surface area (Å²) in [6, 6.07) is 1.85. The molecule has 2 aromatic heterocycles. The van der Waals surface area contributed by atoms with Crippen LogP contribution in [0.25, 0.3) is 0 Å². The summed E-state index contributed by atoms with van der Waals surface area (Å²) in [4.78, 5) is 30.6. The summed E-state index contributed by atoms with van der Waals surface area (Å²) in [6.07, 6.45) is 10.5. The summed E-state index contributed by atoms with van der Waals surface area (Å²) in [5.41, 5.74) is 1.30. The molecule has 1 amide bonds. The average Bonchev–Trinajstić information content (AvgIpc) is 3.58.